The number of aromatic nitrogens is 1. The average molecular weight is 368 g/mol. The monoisotopic (exact) mass is 368 g/mol. The number of fused-ring (bicyclic) bond motifs is 6. The van der Waals surface area contributed by atoms with Gasteiger partial charge in [0.05, 0.1) is 15.8 Å². The Hall–Kier alpha value is -2.78. The van der Waals surface area contributed by atoms with Gasteiger partial charge < -0.3 is 4.42 Å². The Labute approximate surface area is 161 Å². The number of hydrogen-bond acceptors (Lipinski definition) is 2. The van der Waals surface area contributed by atoms with Crippen molar-refractivity contribution in [2.24, 2.45) is 7.05 Å². The van der Waals surface area contributed by atoms with Crippen LogP contribution >= 0.6 is 11.8 Å². The van der Waals surface area contributed by atoms with Crippen LogP contribution in [0.4, 0.5) is 0 Å². The molecular weight excluding hydrogens is 350 g/mol. The number of aryl methyl sites for hydroxylation is 2. The van der Waals surface area contributed by atoms with Gasteiger partial charge in [-0.25, -0.2) is 0 Å². The van der Waals surface area contributed by atoms with Crippen LogP contribution in [0.2, 0.25) is 0 Å². The summed E-state index contributed by atoms with van der Waals surface area (Å²) in [5.41, 5.74) is 7.19. The summed E-state index contributed by atoms with van der Waals surface area (Å²) >= 11 is 1.84. The van der Waals surface area contributed by atoms with Gasteiger partial charge in [0.1, 0.15) is 18.2 Å². The normalized spacial score (nSPS) is 12.9. The number of rotatable bonds is 0. The number of para-hydroxylation sites is 1. The molecule has 3 aromatic carbocycles. The quantitative estimate of drug-likeness (QED) is 0.292. The topological polar surface area (TPSA) is 17.0 Å². The fourth-order valence-electron chi connectivity index (χ4n) is 4.40. The van der Waals surface area contributed by atoms with Gasteiger partial charge in [-0.05, 0) is 36.1 Å². The number of benzene rings is 3. The van der Waals surface area contributed by atoms with E-state index in [1.807, 2.05) is 17.8 Å². The molecule has 0 N–H and O–H groups in total. The summed E-state index contributed by atoms with van der Waals surface area (Å²) in [6.07, 6.45) is 0. The van der Waals surface area contributed by atoms with Gasteiger partial charge in [-0.15, -0.1) is 0 Å². The second-order valence-electron chi connectivity index (χ2n) is 7.39. The molecule has 0 radical (unpaired) electrons. The standard InChI is InChI=1S/C24H18NOS/c1-13-7-6-10-19-20(13)22-21-15(11-14(2)25(22)3)12-17-16-8-4-5-9-18(16)26-23(17)24(21)27-19/h4-12H,1-3H3/q+1. The summed E-state index contributed by atoms with van der Waals surface area (Å²) in [4.78, 5) is 2.54. The van der Waals surface area contributed by atoms with Gasteiger partial charge in [-0.1, -0.05) is 42.1 Å². The number of nitrogens with zero attached hydrogens (tertiary/aromatic N) is 1. The van der Waals surface area contributed by atoms with Crippen molar-refractivity contribution >= 4 is 44.5 Å². The lowest BCUT2D eigenvalue weighted by Crippen LogP contribution is -2.35. The second kappa shape index (κ2) is 5.14. The Morgan fingerprint density at radius 3 is 2.67 bits per heavy atom. The first-order valence-corrected chi connectivity index (χ1v) is 10.0. The molecule has 0 bridgehead atoms. The van der Waals surface area contributed by atoms with Crippen LogP contribution in [0.3, 0.4) is 0 Å². The smallest absolute Gasteiger partial charge is 0.223 e. The first kappa shape index (κ1) is 15.3. The highest BCUT2D eigenvalue weighted by atomic mass is 32.2. The third-order valence-corrected chi connectivity index (χ3v) is 6.96. The Morgan fingerprint density at radius 2 is 1.78 bits per heavy atom. The molecule has 3 heteroatoms. The zero-order valence-corrected chi connectivity index (χ0v) is 16.3. The minimum Gasteiger partial charge on any atom is -0.455 e. The maximum Gasteiger partial charge on any atom is 0.223 e. The predicted octanol–water partition coefficient (Wildman–Crippen LogP) is 6.31. The van der Waals surface area contributed by atoms with E-state index in [0.29, 0.717) is 0 Å². The fourth-order valence-corrected chi connectivity index (χ4v) is 5.69. The van der Waals surface area contributed by atoms with Crippen molar-refractivity contribution in [3.8, 4) is 11.3 Å². The summed E-state index contributed by atoms with van der Waals surface area (Å²) in [6, 6.07) is 19.5. The van der Waals surface area contributed by atoms with Gasteiger partial charge >= 0.3 is 0 Å². The minimum atomic E-state index is 0.956. The lowest BCUT2D eigenvalue weighted by molar-refractivity contribution is -0.665. The van der Waals surface area contributed by atoms with Gasteiger partial charge in [0.2, 0.25) is 5.69 Å². The van der Waals surface area contributed by atoms with Gasteiger partial charge in [-0.3, -0.25) is 0 Å². The van der Waals surface area contributed by atoms with Crippen LogP contribution < -0.4 is 4.57 Å². The van der Waals surface area contributed by atoms with E-state index in [2.05, 4.69) is 74.0 Å². The average Bonchev–Trinajstić information content (AvgIpc) is 3.04. The maximum atomic E-state index is 6.36. The summed E-state index contributed by atoms with van der Waals surface area (Å²) < 4.78 is 8.68. The first-order valence-electron chi connectivity index (χ1n) is 9.19. The lowest BCUT2D eigenvalue weighted by atomic mass is 9.96. The summed E-state index contributed by atoms with van der Waals surface area (Å²) in [7, 11) is 2.17. The van der Waals surface area contributed by atoms with E-state index >= 15 is 0 Å². The highest BCUT2D eigenvalue weighted by molar-refractivity contribution is 8.00. The molecule has 0 aliphatic carbocycles. The Bertz CT molecular complexity index is 1430. The SMILES string of the molecule is Cc1cccc2c1-c1c3c(c4oc5ccccc5c4cc3cc(C)[n+]1C)S2. The molecule has 6 rings (SSSR count). The molecule has 1 aliphatic rings. The van der Waals surface area contributed by atoms with Crippen LogP contribution in [0.5, 0.6) is 0 Å². The van der Waals surface area contributed by atoms with Crippen molar-refractivity contribution < 1.29 is 8.98 Å². The molecule has 0 saturated heterocycles. The first-order chi connectivity index (χ1) is 13.1. The van der Waals surface area contributed by atoms with E-state index in [4.69, 9.17) is 4.42 Å². The molecule has 0 amide bonds. The van der Waals surface area contributed by atoms with Crippen molar-refractivity contribution in [1.29, 1.82) is 0 Å². The Kier molecular flexibility index (Phi) is 2.91. The van der Waals surface area contributed by atoms with Gasteiger partial charge in [0.25, 0.3) is 0 Å². The van der Waals surface area contributed by atoms with Gasteiger partial charge in [-0.2, -0.15) is 4.57 Å². The number of hydrogen-bond donors (Lipinski definition) is 0. The Balaban J connectivity index is 1.91. The van der Waals surface area contributed by atoms with Crippen molar-refractivity contribution in [2.75, 3.05) is 0 Å². The highest BCUT2D eigenvalue weighted by Gasteiger charge is 2.31. The third-order valence-electron chi connectivity index (χ3n) is 5.80. The van der Waals surface area contributed by atoms with Crippen LogP contribution in [0.15, 0.2) is 68.8 Å². The van der Waals surface area contributed by atoms with Crippen LogP contribution in [-0.4, -0.2) is 0 Å². The highest BCUT2D eigenvalue weighted by Crippen LogP contribution is 2.51. The molecule has 0 spiro atoms. The molecule has 1 aliphatic heterocycles. The summed E-state index contributed by atoms with van der Waals surface area (Å²) in [6.45, 7) is 4.39. The van der Waals surface area contributed by atoms with E-state index in [0.717, 1.165) is 11.2 Å². The van der Waals surface area contributed by atoms with E-state index in [-0.39, 0.29) is 0 Å². The van der Waals surface area contributed by atoms with Crippen LogP contribution in [0.25, 0.3) is 44.0 Å². The summed E-state index contributed by atoms with van der Waals surface area (Å²) in [5, 5.41) is 4.99. The molecule has 2 aromatic heterocycles. The predicted molar refractivity (Wildman–Crippen MR) is 111 cm³/mol. The van der Waals surface area contributed by atoms with Gasteiger partial charge in [0, 0.05) is 28.7 Å². The molecule has 0 atom stereocenters. The lowest BCUT2D eigenvalue weighted by Gasteiger charge is -2.20. The molecule has 130 valence electrons. The van der Waals surface area contributed by atoms with Crippen molar-refractivity contribution in [3.05, 3.63) is 65.9 Å². The van der Waals surface area contributed by atoms with Crippen molar-refractivity contribution in [3.63, 3.8) is 0 Å². The van der Waals surface area contributed by atoms with E-state index in [9.17, 15) is 0 Å². The molecule has 0 fully saturated rings. The van der Waals surface area contributed by atoms with Crippen molar-refractivity contribution in [1.82, 2.24) is 0 Å². The van der Waals surface area contributed by atoms with Crippen LogP contribution in [-0.2, 0) is 7.05 Å². The number of pyridine rings is 1. The molecule has 2 nitrogen and oxygen atoms in total. The third kappa shape index (κ3) is 1.90. The van der Waals surface area contributed by atoms with Crippen LogP contribution in [0, 0.1) is 13.8 Å². The number of furan rings is 1. The molecular formula is C24H18NOS+. The second-order valence-corrected chi connectivity index (χ2v) is 8.44. The zero-order valence-electron chi connectivity index (χ0n) is 15.5. The largest absolute Gasteiger partial charge is 0.455 e. The zero-order chi connectivity index (χ0) is 18.3. The van der Waals surface area contributed by atoms with E-state index in [1.165, 1.54) is 53.9 Å². The molecule has 5 aromatic rings. The molecule has 0 unspecified atom stereocenters. The van der Waals surface area contributed by atoms with Crippen molar-refractivity contribution in [2.45, 2.75) is 23.6 Å². The Morgan fingerprint density at radius 1 is 0.926 bits per heavy atom. The molecule has 3 heterocycles. The van der Waals surface area contributed by atoms with Gasteiger partial charge in [0.15, 0.2) is 5.69 Å². The maximum absolute atomic E-state index is 6.36. The van der Waals surface area contributed by atoms with E-state index in [1.54, 1.807) is 0 Å². The van der Waals surface area contributed by atoms with Crippen LogP contribution in [0.1, 0.15) is 11.3 Å². The fraction of sp³-hybridized carbons (Fsp3) is 0.125. The summed E-state index contributed by atoms with van der Waals surface area (Å²) in [5.74, 6) is 0. The molecule has 27 heavy (non-hydrogen) atoms. The minimum absolute atomic E-state index is 0.956. The van der Waals surface area contributed by atoms with E-state index < -0.39 is 0 Å². The molecule has 0 saturated carbocycles.